The van der Waals surface area contributed by atoms with E-state index in [0.29, 0.717) is 28.6 Å². The average Bonchev–Trinajstić information content (AvgIpc) is 2.66. The second-order valence-corrected chi connectivity index (χ2v) is 4.91. The fourth-order valence-corrected chi connectivity index (χ4v) is 2.11. The first-order valence-electron chi connectivity index (χ1n) is 7.39. The molecule has 0 fully saturated rings. The van der Waals surface area contributed by atoms with E-state index in [1.54, 1.807) is 50.6 Å². The van der Waals surface area contributed by atoms with Crippen molar-refractivity contribution in [3.63, 3.8) is 0 Å². The molecule has 0 aliphatic rings. The highest BCUT2D eigenvalue weighted by molar-refractivity contribution is 5.95. The first-order valence-corrected chi connectivity index (χ1v) is 7.39. The number of hydrazone groups is 1. The summed E-state index contributed by atoms with van der Waals surface area (Å²) >= 11 is 0. The highest BCUT2D eigenvalue weighted by atomic mass is 16.5. The van der Waals surface area contributed by atoms with Crippen molar-refractivity contribution in [3.05, 3.63) is 47.5 Å². The number of nitrogens with zero attached hydrogens (tertiary/aromatic N) is 1. The van der Waals surface area contributed by atoms with Crippen LogP contribution in [0.3, 0.4) is 0 Å². The van der Waals surface area contributed by atoms with E-state index >= 15 is 0 Å². The van der Waals surface area contributed by atoms with Crippen molar-refractivity contribution in [3.8, 4) is 23.0 Å². The quantitative estimate of drug-likeness (QED) is 0.617. The topological polar surface area (TPSA) is 78.4 Å². The number of amides is 1. The van der Waals surface area contributed by atoms with Crippen LogP contribution in [0, 0.1) is 0 Å². The van der Waals surface area contributed by atoms with E-state index in [9.17, 15) is 4.79 Å². The van der Waals surface area contributed by atoms with E-state index in [1.165, 1.54) is 20.4 Å². The molecule has 2 aromatic carbocycles. The van der Waals surface area contributed by atoms with Crippen molar-refractivity contribution in [2.24, 2.45) is 5.10 Å². The van der Waals surface area contributed by atoms with Gasteiger partial charge in [0.25, 0.3) is 5.91 Å². The van der Waals surface area contributed by atoms with Crippen LogP contribution in [0.4, 0.5) is 0 Å². The first-order chi connectivity index (χ1) is 12.1. The molecule has 0 unspecified atom stereocenters. The van der Waals surface area contributed by atoms with Gasteiger partial charge >= 0.3 is 0 Å². The number of benzene rings is 2. The van der Waals surface area contributed by atoms with Crippen LogP contribution in [0.2, 0.25) is 0 Å². The SMILES string of the molecule is COc1cc(/C=N/NC(=O)c2ccc(OC)c(OC)c2)cc(OC)c1. The van der Waals surface area contributed by atoms with Crippen LogP contribution in [-0.2, 0) is 0 Å². The molecule has 1 N–H and O–H groups in total. The third-order valence-corrected chi connectivity index (χ3v) is 3.40. The molecule has 0 aliphatic heterocycles. The van der Waals surface area contributed by atoms with Gasteiger partial charge in [-0.15, -0.1) is 0 Å². The molecule has 0 aliphatic carbocycles. The number of hydrogen-bond donors (Lipinski definition) is 1. The minimum atomic E-state index is -0.368. The number of rotatable bonds is 7. The van der Waals surface area contributed by atoms with Gasteiger partial charge < -0.3 is 18.9 Å². The number of hydrogen-bond acceptors (Lipinski definition) is 6. The predicted molar refractivity (Wildman–Crippen MR) is 94.2 cm³/mol. The van der Waals surface area contributed by atoms with E-state index in [4.69, 9.17) is 18.9 Å². The molecule has 132 valence electrons. The minimum Gasteiger partial charge on any atom is -0.497 e. The maximum absolute atomic E-state index is 12.2. The van der Waals surface area contributed by atoms with Gasteiger partial charge in [-0.3, -0.25) is 4.79 Å². The number of ether oxygens (including phenoxy) is 4. The highest BCUT2D eigenvalue weighted by Gasteiger charge is 2.10. The zero-order valence-electron chi connectivity index (χ0n) is 14.5. The maximum Gasteiger partial charge on any atom is 0.271 e. The molecule has 2 rings (SSSR count). The zero-order valence-corrected chi connectivity index (χ0v) is 14.5. The summed E-state index contributed by atoms with van der Waals surface area (Å²) in [5, 5.41) is 3.96. The van der Waals surface area contributed by atoms with Crippen molar-refractivity contribution >= 4 is 12.1 Å². The summed E-state index contributed by atoms with van der Waals surface area (Å²) in [6, 6.07) is 10.2. The van der Waals surface area contributed by atoms with Crippen LogP contribution >= 0.6 is 0 Å². The molecular formula is C18H20N2O5. The first kappa shape index (κ1) is 18.1. The van der Waals surface area contributed by atoms with Crippen LogP contribution < -0.4 is 24.4 Å². The van der Waals surface area contributed by atoms with Gasteiger partial charge in [0.05, 0.1) is 34.7 Å². The number of methoxy groups -OCH3 is 4. The molecule has 7 nitrogen and oxygen atoms in total. The molecule has 0 spiro atoms. The van der Waals surface area contributed by atoms with Gasteiger partial charge in [0.2, 0.25) is 0 Å². The molecular weight excluding hydrogens is 324 g/mol. The van der Waals surface area contributed by atoms with Crippen molar-refractivity contribution in [1.82, 2.24) is 5.43 Å². The third-order valence-electron chi connectivity index (χ3n) is 3.40. The molecule has 0 bridgehead atoms. The molecule has 0 heterocycles. The summed E-state index contributed by atoms with van der Waals surface area (Å²) in [7, 11) is 6.17. The molecule has 0 radical (unpaired) electrons. The summed E-state index contributed by atoms with van der Waals surface area (Å²) in [6.45, 7) is 0. The molecule has 7 heteroatoms. The highest BCUT2D eigenvalue weighted by Crippen LogP contribution is 2.27. The van der Waals surface area contributed by atoms with Crippen LogP contribution in [0.15, 0.2) is 41.5 Å². The molecule has 0 atom stereocenters. The smallest absolute Gasteiger partial charge is 0.271 e. The fraction of sp³-hybridized carbons (Fsp3) is 0.222. The Hall–Kier alpha value is -3.22. The molecule has 0 saturated heterocycles. The Kier molecular flexibility index (Phi) is 6.22. The summed E-state index contributed by atoms with van der Waals surface area (Å²) < 4.78 is 20.7. The lowest BCUT2D eigenvalue weighted by molar-refractivity contribution is 0.0954. The predicted octanol–water partition coefficient (Wildman–Crippen LogP) is 2.48. The summed E-state index contributed by atoms with van der Waals surface area (Å²) in [4.78, 5) is 12.2. The Morgan fingerprint density at radius 3 is 2.08 bits per heavy atom. The van der Waals surface area contributed by atoms with Crippen molar-refractivity contribution in [2.45, 2.75) is 0 Å². The number of carbonyl (C=O) groups is 1. The second-order valence-electron chi connectivity index (χ2n) is 4.91. The van der Waals surface area contributed by atoms with Crippen LogP contribution in [0.5, 0.6) is 23.0 Å². The van der Waals surface area contributed by atoms with Crippen LogP contribution in [0.25, 0.3) is 0 Å². The van der Waals surface area contributed by atoms with E-state index < -0.39 is 0 Å². The Balaban J connectivity index is 2.10. The number of nitrogens with one attached hydrogen (secondary N) is 1. The van der Waals surface area contributed by atoms with Gasteiger partial charge in [0.1, 0.15) is 11.5 Å². The molecule has 2 aromatic rings. The van der Waals surface area contributed by atoms with Gasteiger partial charge in [0, 0.05) is 17.2 Å². The Labute approximate surface area is 146 Å². The Morgan fingerprint density at radius 1 is 0.880 bits per heavy atom. The normalized spacial score (nSPS) is 10.4. The van der Waals surface area contributed by atoms with E-state index in [0.717, 1.165) is 5.56 Å². The van der Waals surface area contributed by atoms with Crippen molar-refractivity contribution in [2.75, 3.05) is 28.4 Å². The minimum absolute atomic E-state index is 0.368. The summed E-state index contributed by atoms with van der Waals surface area (Å²) in [6.07, 6.45) is 1.50. The Morgan fingerprint density at radius 2 is 1.52 bits per heavy atom. The summed E-state index contributed by atoms with van der Waals surface area (Å²) in [5.74, 6) is 1.91. The number of carbonyl (C=O) groups excluding carboxylic acids is 1. The van der Waals surface area contributed by atoms with Gasteiger partial charge in [-0.25, -0.2) is 5.43 Å². The molecule has 1 amide bonds. The van der Waals surface area contributed by atoms with Crippen LogP contribution in [0.1, 0.15) is 15.9 Å². The maximum atomic E-state index is 12.2. The Bertz CT molecular complexity index is 752. The average molecular weight is 344 g/mol. The van der Waals surface area contributed by atoms with E-state index in [2.05, 4.69) is 10.5 Å². The van der Waals surface area contributed by atoms with E-state index in [-0.39, 0.29) is 5.91 Å². The molecule has 25 heavy (non-hydrogen) atoms. The summed E-state index contributed by atoms with van der Waals surface area (Å²) in [5.41, 5.74) is 3.59. The second kappa shape index (κ2) is 8.58. The van der Waals surface area contributed by atoms with Gasteiger partial charge in [-0.1, -0.05) is 0 Å². The molecule has 0 saturated carbocycles. The van der Waals surface area contributed by atoms with Crippen molar-refractivity contribution < 1.29 is 23.7 Å². The lowest BCUT2D eigenvalue weighted by Crippen LogP contribution is -2.17. The van der Waals surface area contributed by atoms with E-state index in [1.807, 2.05) is 0 Å². The van der Waals surface area contributed by atoms with Gasteiger partial charge in [-0.2, -0.15) is 5.10 Å². The van der Waals surface area contributed by atoms with Crippen molar-refractivity contribution in [1.29, 1.82) is 0 Å². The monoisotopic (exact) mass is 344 g/mol. The lowest BCUT2D eigenvalue weighted by atomic mass is 10.2. The van der Waals surface area contributed by atoms with Gasteiger partial charge in [-0.05, 0) is 30.3 Å². The molecule has 0 aromatic heterocycles. The third kappa shape index (κ3) is 4.63. The standard InChI is InChI=1S/C18H20N2O5/c1-22-14-7-12(8-15(10-14)23-2)11-19-20-18(21)13-5-6-16(24-3)17(9-13)25-4/h5-11H,1-4H3,(H,20,21)/b19-11+. The van der Waals surface area contributed by atoms with Gasteiger partial charge in [0.15, 0.2) is 11.5 Å². The fourth-order valence-electron chi connectivity index (χ4n) is 2.11. The lowest BCUT2D eigenvalue weighted by Gasteiger charge is -2.08. The zero-order chi connectivity index (χ0) is 18.2. The van der Waals surface area contributed by atoms with Crippen LogP contribution in [-0.4, -0.2) is 40.6 Å². The largest absolute Gasteiger partial charge is 0.497 e.